The van der Waals surface area contributed by atoms with Gasteiger partial charge in [0.15, 0.2) is 0 Å². The number of phenols is 2. The number of nitrogens with one attached hydrogen (secondary N) is 1. The van der Waals surface area contributed by atoms with Crippen LogP contribution in [0.4, 0.5) is 0 Å². The maximum atomic E-state index is 10.1. The summed E-state index contributed by atoms with van der Waals surface area (Å²) in [5, 5.41) is 20.5. The molecule has 4 rings (SSSR count). The first-order valence-corrected chi connectivity index (χ1v) is 7.27. The molecule has 4 aromatic rings. The molecule has 4 nitrogen and oxygen atoms in total. The molecule has 3 N–H and O–H groups in total. The zero-order valence-electron chi connectivity index (χ0n) is 12.2. The molecule has 0 fully saturated rings. The molecule has 0 unspecified atom stereocenters. The summed E-state index contributed by atoms with van der Waals surface area (Å²) in [4.78, 5) is 7.61. The van der Waals surface area contributed by atoms with Crippen molar-refractivity contribution in [3.05, 3.63) is 67.0 Å². The Hall–Kier alpha value is -3.27. The second-order valence-corrected chi connectivity index (χ2v) is 5.39. The molecule has 4 heteroatoms. The first-order valence-electron chi connectivity index (χ1n) is 7.27. The normalized spacial score (nSPS) is 11.0. The Labute approximate surface area is 132 Å². The third kappa shape index (κ3) is 2.30. The van der Waals surface area contributed by atoms with Gasteiger partial charge in [-0.05, 0) is 23.8 Å². The molecule has 2 aromatic heterocycles. The first-order chi connectivity index (χ1) is 11.2. The fourth-order valence-corrected chi connectivity index (χ4v) is 2.77. The van der Waals surface area contributed by atoms with Gasteiger partial charge in [0.05, 0.1) is 0 Å². The molecule has 0 amide bonds. The fourth-order valence-electron chi connectivity index (χ4n) is 2.77. The standard InChI is InChI=1S/C19H14N2O2/c22-14-6-7-15(18(23)9-14)13-8-16-17(11-21-19(16)20-10-13)12-4-2-1-3-5-12/h1-11,22-23H,(H,20,21). The van der Waals surface area contributed by atoms with Crippen molar-refractivity contribution in [2.24, 2.45) is 0 Å². The molecule has 0 aliphatic carbocycles. The summed E-state index contributed by atoms with van der Waals surface area (Å²) in [6.07, 6.45) is 3.65. The van der Waals surface area contributed by atoms with Crippen LogP contribution in [0.25, 0.3) is 33.3 Å². The quantitative estimate of drug-likeness (QED) is 0.517. The average molecular weight is 302 g/mol. The van der Waals surface area contributed by atoms with E-state index in [0.717, 1.165) is 27.7 Å². The van der Waals surface area contributed by atoms with E-state index >= 15 is 0 Å². The highest BCUT2D eigenvalue weighted by atomic mass is 16.3. The van der Waals surface area contributed by atoms with Crippen LogP contribution in [0.2, 0.25) is 0 Å². The predicted molar refractivity (Wildman–Crippen MR) is 90.3 cm³/mol. The molecule has 0 aliphatic heterocycles. The van der Waals surface area contributed by atoms with Crippen LogP contribution in [0.3, 0.4) is 0 Å². The van der Waals surface area contributed by atoms with E-state index in [1.165, 1.54) is 6.07 Å². The maximum absolute atomic E-state index is 10.1. The van der Waals surface area contributed by atoms with Crippen LogP contribution in [0, 0.1) is 0 Å². The fraction of sp³-hybridized carbons (Fsp3) is 0. The van der Waals surface area contributed by atoms with Crippen LogP contribution in [0.15, 0.2) is 67.0 Å². The lowest BCUT2D eigenvalue weighted by Gasteiger charge is -2.06. The summed E-state index contributed by atoms with van der Waals surface area (Å²) in [5.74, 6) is 0.0647. The van der Waals surface area contributed by atoms with E-state index in [-0.39, 0.29) is 11.5 Å². The van der Waals surface area contributed by atoms with Gasteiger partial charge in [-0.1, -0.05) is 30.3 Å². The van der Waals surface area contributed by atoms with Crippen molar-refractivity contribution in [1.82, 2.24) is 9.97 Å². The Kier molecular flexibility index (Phi) is 3.01. The van der Waals surface area contributed by atoms with E-state index in [1.807, 2.05) is 42.6 Å². The van der Waals surface area contributed by atoms with Crippen molar-refractivity contribution in [2.75, 3.05) is 0 Å². The SMILES string of the molecule is Oc1ccc(-c2cnc3[nH]cc(-c4ccccc4)c3c2)c(O)c1. The zero-order chi connectivity index (χ0) is 15.8. The molecule has 0 atom stereocenters. The molecule has 0 saturated heterocycles. The number of hydrogen-bond acceptors (Lipinski definition) is 3. The van der Waals surface area contributed by atoms with Crippen LogP contribution >= 0.6 is 0 Å². The smallest absolute Gasteiger partial charge is 0.137 e. The van der Waals surface area contributed by atoms with E-state index in [0.29, 0.717) is 5.56 Å². The number of aromatic amines is 1. The van der Waals surface area contributed by atoms with Crippen molar-refractivity contribution in [2.45, 2.75) is 0 Å². The van der Waals surface area contributed by atoms with Gasteiger partial charge in [-0.15, -0.1) is 0 Å². The van der Waals surface area contributed by atoms with E-state index in [1.54, 1.807) is 18.3 Å². The van der Waals surface area contributed by atoms with E-state index in [9.17, 15) is 10.2 Å². The minimum Gasteiger partial charge on any atom is -0.508 e. The van der Waals surface area contributed by atoms with Gasteiger partial charge in [0.2, 0.25) is 0 Å². The summed E-state index contributed by atoms with van der Waals surface area (Å²) in [7, 11) is 0. The molecule has 0 spiro atoms. The van der Waals surface area contributed by atoms with Gasteiger partial charge in [-0.25, -0.2) is 4.98 Å². The van der Waals surface area contributed by atoms with Crippen LogP contribution in [-0.2, 0) is 0 Å². The van der Waals surface area contributed by atoms with Gasteiger partial charge in [0.1, 0.15) is 17.1 Å². The van der Waals surface area contributed by atoms with Gasteiger partial charge < -0.3 is 15.2 Å². The minimum absolute atomic E-state index is 0.0305. The molecule has 0 aliphatic rings. The number of phenolic OH excluding ortho intramolecular Hbond substituents is 2. The van der Waals surface area contributed by atoms with Crippen LogP contribution in [-0.4, -0.2) is 20.2 Å². The number of aromatic hydroxyl groups is 2. The number of rotatable bonds is 2. The van der Waals surface area contributed by atoms with Crippen molar-refractivity contribution >= 4 is 11.0 Å². The topological polar surface area (TPSA) is 69.1 Å². The Bertz CT molecular complexity index is 991. The highest BCUT2D eigenvalue weighted by molar-refractivity contribution is 5.96. The molecule has 23 heavy (non-hydrogen) atoms. The average Bonchev–Trinajstić information content (AvgIpc) is 2.99. The number of fused-ring (bicyclic) bond motifs is 1. The number of nitrogens with zero attached hydrogens (tertiary/aromatic N) is 1. The molecule has 2 aromatic carbocycles. The summed E-state index contributed by atoms with van der Waals surface area (Å²) in [6, 6.07) is 16.6. The lowest BCUT2D eigenvalue weighted by Crippen LogP contribution is -1.83. The van der Waals surface area contributed by atoms with Crippen molar-refractivity contribution in [3.8, 4) is 33.8 Å². The summed E-state index contributed by atoms with van der Waals surface area (Å²) >= 11 is 0. The second kappa shape index (κ2) is 5.18. The number of hydrogen-bond donors (Lipinski definition) is 3. The van der Waals surface area contributed by atoms with Crippen molar-refractivity contribution in [1.29, 1.82) is 0 Å². The van der Waals surface area contributed by atoms with Crippen LogP contribution in [0.5, 0.6) is 11.5 Å². The molecule has 0 radical (unpaired) electrons. The number of benzene rings is 2. The van der Waals surface area contributed by atoms with Gasteiger partial charge in [0.25, 0.3) is 0 Å². The largest absolute Gasteiger partial charge is 0.508 e. The molecule has 0 bridgehead atoms. The highest BCUT2D eigenvalue weighted by Gasteiger charge is 2.11. The van der Waals surface area contributed by atoms with Gasteiger partial charge in [-0.3, -0.25) is 0 Å². The van der Waals surface area contributed by atoms with Crippen LogP contribution in [0.1, 0.15) is 0 Å². The maximum Gasteiger partial charge on any atom is 0.137 e. The van der Waals surface area contributed by atoms with E-state index in [2.05, 4.69) is 9.97 Å². The van der Waals surface area contributed by atoms with Gasteiger partial charge in [0, 0.05) is 40.5 Å². The lowest BCUT2D eigenvalue weighted by atomic mass is 10.0. The number of pyridine rings is 1. The Morgan fingerprint density at radius 2 is 1.65 bits per heavy atom. The van der Waals surface area contributed by atoms with Crippen molar-refractivity contribution in [3.63, 3.8) is 0 Å². The molecular weight excluding hydrogens is 288 g/mol. The van der Waals surface area contributed by atoms with Crippen molar-refractivity contribution < 1.29 is 10.2 Å². The lowest BCUT2D eigenvalue weighted by molar-refractivity contribution is 0.452. The summed E-state index contributed by atoms with van der Waals surface area (Å²) in [6.45, 7) is 0. The second-order valence-electron chi connectivity index (χ2n) is 5.39. The Morgan fingerprint density at radius 3 is 2.43 bits per heavy atom. The predicted octanol–water partition coefficient (Wildman–Crippen LogP) is 4.31. The summed E-state index contributed by atoms with van der Waals surface area (Å²) in [5.41, 5.74) is 4.40. The van der Waals surface area contributed by atoms with Gasteiger partial charge in [-0.2, -0.15) is 0 Å². The highest BCUT2D eigenvalue weighted by Crippen LogP contribution is 2.35. The first kappa shape index (κ1) is 13.4. The Morgan fingerprint density at radius 1 is 0.826 bits per heavy atom. The Balaban J connectivity index is 1.90. The number of H-pyrrole nitrogens is 1. The summed E-state index contributed by atoms with van der Waals surface area (Å²) < 4.78 is 0. The van der Waals surface area contributed by atoms with Gasteiger partial charge >= 0.3 is 0 Å². The van der Waals surface area contributed by atoms with E-state index in [4.69, 9.17) is 0 Å². The van der Waals surface area contributed by atoms with E-state index < -0.39 is 0 Å². The molecule has 2 heterocycles. The third-order valence-corrected chi connectivity index (χ3v) is 3.91. The number of aromatic nitrogens is 2. The van der Waals surface area contributed by atoms with Crippen LogP contribution < -0.4 is 0 Å². The molecule has 112 valence electrons. The zero-order valence-corrected chi connectivity index (χ0v) is 12.2. The third-order valence-electron chi connectivity index (χ3n) is 3.91. The monoisotopic (exact) mass is 302 g/mol. The molecule has 0 saturated carbocycles. The molecular formula is C19H14N2O2. The minimum atomic E-state index is 0.0305.